The van der Waals surface area contributed by atoms with Gasteiger partial charge in [0.1, 0.15) is 0 Å². The van der Waals surface area contributed by atoms with Crippen LogP contribution in [0.1, 0.15) is 6.42 Å². The highest BCUT2D eigenvalue weighted by molar-refractivity contribution is 9.10. The number of hydrogen-bond donors (Lipinski definition) is 2. The van der Waals surface area contributed by atoms with Crippen molar-refractivity contribution in [3.05, 3.63) is 16.6 Å². The average molecular weight is 273 g/mol. The third-order valence-electron chi connectivity index (χ3n) is 2.16. The number of ether oxygens (including phenoxy) is 2. The summed E-state index contributed by atoms with van der Waals surface area (Å²) in [6.07, 6.45) is 0.785. The summed E-state index contributed by atoms with van der Waals surface area (Å²) in [5.41, 5.74) is 0.314. The maximum absolute atomic E-state index is 9.24. The molecule has 0 radical (unpaired) electrons. The molecule has 1 aromatic rings. The minimum atomic E-state index is -1.57. The summed E-state index contributed by atoms with van der Waals surface area (Å²) in [5, 5.41) is 18.5. The van der Waals surface area contributed by atoms with Crippen molar-refractivity contribution in [1.29, 1.82) is 0 Å². The lowest BCUT2D eigenvalue weighted by atomic mass is 9.79. The molecule has 0 amide bonds. The Labute approximate surface area is 96.1 Å². The molecule has 0 bridgehead atoms. The van der Waals surface area contributed by atoms with Crippen LogP contribution in [0.4, 0.5) is 0 Å². The summed E-state index contributed by atoms with van der Waals surface area (Å²) in [7, 11) is -1.57. The van der Waals surface area contributed by atoms with Gasteiger partial charge in [0.15, 0.2) is 11.5 Å². The Kier molecular flexibility index (Phi) is 3.18. The molecule has 0 saturated heterocycles. The van der Waals surface area contributed by atoms with Crippen LogP contribution < -0.4 is 14.9 Å². The molecule has 6 heteroatoms. The monoisotopic (exact) mass is 272 g/mol. The van der Waals surface area contributed by atoms with Gasteiger partial charge in [-0.1, -0.05) is 15.9 Å². The molecular weight excluding hydrogens is 263 g/mol. The molecule has 1 aromatic carbocycles. The molecule has 0 atom stereocenters. The maximum Gasteiger partial charge on any atom is 0.493 e. The number of fused-ring (bicyclic) bond motifs is 1. The van der Waals surface area contributed by atoms with Crippen molar-refractivity contribution in [2.24, 2.45) is 0 Å². The summed E-state index contributed by atoms with van der Waals surface area (Å²) >= 11 is 3.25. The summed E-state index contributed by atoms with van der Waals surface area (Å²) < 4.78 is 11.5. The van der Waals surface area contributed by atoms with E-state index >= 15 is 0 Å². The quantitative estimate of drug-likeness (QED) is 0.722. The standard InChI is InChI=1S/C9H10BBrO4/c11-6-2-3-7-9(8(6)10(12)13)15-5-1-4-14-7/h2-3,12-13H,1,4-5H2. The van der Waals surface area contributed by atoms with Gasteiger partial charge in [-0.25, -0.2) is 0 Å². The first kappa shape index (κ1) is 10.8. The van der Waals surface area contributed by atoms with Gasteiger partial charge in [0.2, 0.25) is 0 Å². The smallest absolute Gasteiger partial charge is 0.490 e. The van der Waals surface area contributed by atoms with Crippen molar-refractivity contribution in [2.75, 3.05) is 13.2 Å². The van der Waals surface area contributed by atoms with E-state index in [2.05, 4.69) is 15.9 Å². The second-order valence-corrected chi connectivity index (χ2v) is 4.07. The summed E-state index contributed by atoms with van der Waals surface area (Å²) in [6, 6.07) is 3.46. The number of halogens is 1. The zero-order chi connectivity index (χ0) is 10.8. The Bertz CT molecular complexity index is 369. The van der Waals surface area contributed by atoms with Gasteiger partial charge in [-0.05, 0) is 12.1 Å². The molecule has 1 aliphatic rings. The molecule has 0 spiro atoms. The Hall–Kier alpha value is -0.715. The molecule has 2 N–H and O–H groups in total. The van der Waals surface area contributed by atoms with Gasteiger partial charge in [-0.3, -0.25) is 0 Å². The first-order chi connectivity index (χ1) is 7.20. The van der Waals surface area contributed by atoms with Crippen molar-refractivity contribution >= 4 is 28.5 Å². The molecule has 80 valence electrons. The molecule has 0 saturated carbocycles. The fourth-order valence-corrected chi connectivity index (χ4v) is 1.99. The first-order valence-electron chi connectivity index (χ1n) is 4.64. The second kappa shape index (κ2) is 4.43. The Balaban J connectivity index is 2.51. The fraction of sp³-hybridized carbons (Fsp3) is 0.333. The SMILES string of the molecule is OB(O)c1c(Br)ccc2c1OCCCO2. The van der Waals surface area contributed by atoms with Crippen molar-refractivity contribution in [3.63, 3.8) is 0 Å². The third-order valence-corrected chi connectivity index (χ3v) is 2.85. The van der Waals surface area contributed by atoms with Crippen molar-refractivity contribution in [2.45, 2.75) is 6.42 Å². The van der Waals surface area contributed by atoms with Gasteiger partial charge in [0.05, 0.1) is 13.2 Å². The van der Waals surface area contributed by atoms with E-state index in [1.807, 2.05) is 0 Å². The van der Waals surface area contributed by atoms with Gasteiger partial charge in [0, 0.05) is 16.4 Å². The van der Waals surface area contributed by atoms with Crippen molar-refractivity contribution < 1.29 is 19.5 Å². The Morgan fingerprint density at radius 1 is 1.20 bits per heavy atom. The fourth-order valence-electron chi connectivity index (χ4n) is 1.47. The predicted octanol–water partition coefficient (Wildman–Crippen LogP) is 0.290. The van der Waals surface area contributed by atoms with Gasteiger partial charge < -0.3 is 19.5 Å². The lowest BCUT2D eigenvalue weighted by Crippen LogP contribution is -2.32. The highest BCUT2D eigenvalue weighted by atomic mass is 79.9. The van der Waals surface area contributed by atoms with E-state index in [1.54, 1.807) is 12.1 Å². The van der Waals surface area contributed by atoms with Crippen LogP contribution in [0, 0.1) is 0 Å². The largest absolute Gasteiger partial charge is 0.493 e. The summed E-state index contributed by atoms with van der Waals surface area (Å²) in [6.45, 7) is 1.10. The Morgan fingerprint density at radius 3 is 2.67 bits per heavy atom. The molecule has 0 fully saturated rings. The molecule has 15 heavy (non-hydrogen) atoms. The van der Waals surface area contributed by atoms with E-state index in [0.717, 1.165) is 6.42 Å². The van der Waals surface area contributed by atoms with Gasteiger partial charge >= 0.3 is 7.12 Å². The molecule has 1 aliphatic heterocycles. The molecule has 0 aliphatic carbocycles. The molecule has 4 nitrogen and oxygen atoms in total. The van der Waals surface area contributed by atoms with Crippen LogP contribution in [0.2, 0.25) is 0 Å². The lowest BCUT2D eigenvalue weighted by molar-refractivity contribution is 0.297. The normalized spacial score (nSPS) is 14.6. The third kappa shape index (κ3) is 2.11. The van der Waals surface area contributed by atoms with E-state index in [1.165, 1.54) is 0 Å². The van der Waals surface area contributed by atoms with E-state index in [-0.39, 0.29) is 0 Å². The minimum absolute atomic E-state index is 0.314. The zero-order valence-corrected chi connectivity index (χ0v) is 9.53. The Morgan fingerprint density at radius 2 is 1.93 bits per heavy atom. The molecular formula is C9H10BBrO4. The molecule has 2 rings (SSSR count). The molecule has 0 unspecified atom stereocenters. The number of benzene rings is 1. The van der Waals surface area contributed by atoms with Gasteiger partial charge in [-0.2, -0.15) is 0 Å². The van der Waals surface area contributed by atoms with Crippen molar-refractivity contribution in [3.8, 4) is 11.5 Å². The second-order valence-electron chi connectivity index (χ2n) is 3.21. The number of hydrogen-bond acceptors (Lipinski definition) is 4. The predicted molar refractivity (Wildman–Crippen MR) is 59.6 cm³/mol. The van der Waals surface area contributed by atoms with Crippen LogP contribution in [0.3, 0.4) is 0 Å². The number of rotatable bonds is 1. The lowest BCUT2D eigenvalue weighted by Gasteiger charge is -2.13. The van der Waals surface area contributed by atoms with Crippen LogP contribution in [-0.4, -0.2) is 30.4 Å². The highest BCUT2D eigenvalue weighted by Gasteiger charge is 2.25. The topological polar surface area (TPSA) is 58.9 Å². The van der Waals surface area contributed by atoms with Crippen LogP contribution >= 0.6 is 15.9 Å². The van der Waals surface area contributed by atoms with Crippen molar-refractivity contribution in [1.82, 2.24) is 0 Å². The zero-order valence-electron chi connectivity index (χ0n) is 7.94. The molecule has 0 aromatic heterocycles. The van der Waals surface area contributed by atoms with Crippen LogP contribution in [-0.2, 0) is 0 Å². The summed E-state index contributed by atoms with van der Waals surface area (Å²) in [5.74, 6) is 0.968. The van der Waals surface area contributed by atoms with Gasteiger partial charge in [0.25, 0.3) is 0 Å². The van der Waals surface area contributed by atoms with E-state index in [9.17, 15) is 10.0 Å². The molecule has 1 heterocycles. The average Bonchev–Trinajstić information content (AvgIpc) is 2.41. The maximum atomic E-state index is 9.24. The van der Waals surface area contributed by atoms with E-state index < -0.39 is 7.12 Å². The van der Waals surface area contributed by atoms with Crippen LogP contribution in [0.25, 0.3) is 0 Å². The highest BCUT2D eigenvalue weighted by Crippen LogP contribution is 2.30. The van der Waals surface area contributed by atoms with E-state index in [4.69, 9.17) is 9.47 Å². The minimum Gasteiger partial charge on any atom is -0.490 e. The summed E-state index contributed by atoms with van der Waals surface area (Å²) in [4.78, 5) is 0. The van der Waals surface area contributed by atoms with Crippen LogP contribution in [0.5, 0.6) is 11.5 Å². The van der Waals surface area contributed by atoms with E-state index in [0.29, 0.717) is 34.6 Å². The first-order valence-corrected chi connectivity index (χ1v) is 5.43. The van der Waals surface area contributed by atoms with Crippen LogP contribution in [0.15, 0.2) is 16.6 Å². The van der Waals surface area contributed by atoms with Gasteiger partial charge in [-0.15, -0.1) is 0 Å².